The minimum atomic E-state index is -2.03. The van der Waals surface area contributed by atoms with Crippen molar-refractivity contribution in [2.75, 3.05) is 0 Å². The Balaban J connectivity index is 3.68. The van der Waals surface area contributed by atoms with Crippen molar-refractivity contribution in [3.05, 3.63) is 32.0 Å². The molecule has 76 valence electrons. The van der Waals surface area contributed by atoms with Crippen LogP contribution in [0, 0.1) is 27.6 Å². The zero-order valence-corrected chi connectivity index (χ0v) is 7.81. The van der Waals surface area contributed by atoms with Gasteiger partial charge in [0.1, 0.15) is 4.47 Å². The molecular formula is C6HBrF3NO3. The lowest BCUT2D eigenvalue weighted by Gasteiger charge is -2.02. The molecule has 0 aliphatic rings. The number of hydrogen-bond acceptors (Lipinski definition) is 3. The van der Waals surface area contributed by atoms with Crippen molar-refractivity contribution < 1.29 is 23.2 Å². The first-order valence-corrected chi connectivity index (χ1v) is 3.86. The van der Waals surface area contributed by atoms with Gasteiger partial charge in [0, 0.05) is 0 Å². The zero-order valence-electron chi connectivity index (χ0n) is 6.22. The highest BCUT2D eigenvalue weighted by molar-refractivity contribution is 9.10. The lowest BCUT2D eigenvalue weighted by molar-refractivity contribution is -0.389. The van der Waals surface area contributed by atoms with Gasteiger partial charge in [0.2, 0.25) is 17.4 Å². The summed E-state index contributed by atoms with van der Waals surface area (Å²) in [5, 5.41) is 19.1. The van der Waals surface area contributed by atoms with Crippen LogP contribution in [0.1, 0.15) is 0 Å². The SMILES string of the molecule is O=[N+]([O-])c1c(O)c(Br)c(F)c(F)c1F. The molecule has 4 nitrogen and oxygen atoms in total. The fourth-order valence-corrected chi connectivity index (χ4v) is 1.14. The molecule has 0 heterocycles. The molecule has 8 heteroatoms. The largest absolute Gasteiger partial charge is 0.501 e. The normalized spacial score (nSPS) is 10.3. The van der Waals surface area contributed by atoms with Crippen LogP contribution in [0.15, 0.2) is 4.47 Å². The molecule has 1 aromatic carbocycles. The van der Waals surface area contributed by atoms with E-state index in [1.165, 1.54) is 0 Å². The van der Waals surface area contributed by atoms with Crippen LogP contribution in [-0.2, 0) is 0 Å². The van der Waals surface area contributed by atoms with E-state index in [9.17, 15) is 23.3 Å². The van der Waals surface area contributed by atoms with Crippen LogP contribution < -0.4 is 0 Å². The fraction of sp³-hybridized carbons (Fsp3) is 0. The number of halogens is 4. The Kier molecular flexibility index (Phi) is 2.65. The van der Waals surface area contributed by atoms with Gasteiger partial charge in [0.15, 0.2) is 5.82 Å². The van der Waals surface area contributed by atoms with Gasteiger partial charge in [-0.25, -0.2) is 8.78 Å². The molecule has 0 bridgehead atoms. The molecule has 0 unspecified atom stereocenters. The molecule has 0 aromatic heterocycles. The van der Waals surface area contributed by atoms with Crippen molar-refractivity contribution >= 4 is 21.6 Å². The summed E-state index contributed by atoms with van der Waals surface area (Å²) >= 11 is 2.35. The second-order valence-electron chi connectivity index (χ2n) is 2.21. The van der Waals surface area contributed by atoms with E-state index in [0.29, 0.717) is 0 Å². The third kappa shape index (κ3) is 1.41. The van der Waals surface area contributed by atoms with Gasteiger partial charge in [0.05, 0.1) is 4.92 Å². The molecule has 0 saturated carbocycles. The maximum Gasteiger partial charge on any atom is 0.350 e. The lowest BCUT2D eigenvalue weighted by atomic mass is 10.2. The maximum atomic E-state index is 12.7. The highest BCUT2D eigenvalue weighted by Crippen LogP contribution is 2.39. The molecule has 0 fully saturated rings. The quantitative estimate of drug-likeness (QED) is 0.369. The Morgan fingerprint density at radius 1 is 1.21 bits per heavy atom. The number of nitrogens with zero attached hydrogens (tertiary/aromatic N) is 1. The molecule has 0 aliphatic carbocycles. The zero-order chi connectivity index (χ0) is 11.0. The van der Waals surface area contributed by atoms with Gasteiger partial charge < -0.3 is 5.11 Å². The summed E-state index contributed by atoms with van der Waals surface area (Å²) in [6.07, 6.45) is 0. The van der Waals surface area contributed by atoms with Crippen LogP contribution in [0.4, 0.5) is 18.9 Å². The number of nitro benzene ring substituents is 1. The molecule has 0 atom stereocenters. The smallest absolute Gasteiger partial charge is 0.350 e. The second-order valence-corrected chi connectivity index (χ2v) is 3.00. The van der Waals surface area contributed by atoms with Crippen LogP contribution in [-0.4, -0.2) is 10.0 Å². The highest BCUT2D eigenvalue weighted by atomic mass is 79.9. The Morgan fingerprint density at radius 3 is 2.14 bits per heavy atom. The number of aromatic hydroxyl groups is 1. The molecule has 0 amide bonds. The average molecular weight is 272 g/mol. The molecule has 0 saturated heterocycles. The van der Waals surface area contributed by atoms with Gasteiger partial charge in [-0.15, -0.1) is 0 Å². The summed E-state index contributed by atoms with van der Waals surface area (Å²) in [5.41, 5.74) is -1.50. The fourth-order valence-electron chi connectivity index (χ4n) is 0.775. The van der Waals surface area contributed by atoms with E-state index < -0.39 is 38.3 Å². The molecule has 1 aromatic rings. The first kappa shape index (κ1) is 10.8. The average Bonchev–Trinajstić information content (AvgIpc) is 2.11. The molecule has 14 heavy (non-hydrogen) atoms. The molecule has 0 aliphatic heterocycles. The van der Waals surface area contributed by atoms with Gasteiger partial charge in [0.25, 0.3) is 0 Å². The minimum Gasteiger partial charge on any atom is -0.501 e. The predicted octanol–water partition coefficient (Wildman–Crippen LogP) is 2.48. The van der Waals surface area contributed by atoms with E-state index in [2.05, 4.69) is 15.9 Å². The lowest BCUT2D eigenvalue weighted by Crippen LogP contribution is -2.00. The van der Waals surface area contributed by atoms with E-state index >= 15 is 0 Å². The number of phenolic OH excluding ortho intramolecular Hbond substituents is 1. The van der Waals surface area contributed by atoms with Crippen molar-refractivity contribution in [2.24, 2.45) is 0 Å². The van der Waals surface area contributed by atoms with E-state index in [4.69, 9.17) is 5.11 Å². The van der Waals surface area contributed by atoms with Gasteiger partial charge in [-0.2, -0.15) is 4.39 Å². The Morgan fingerprint density at radius 2 is 1.71 bits per heavy atom. The molecule has 1 rings (SSSR count). The number of rotatable bonds is 1. The summed E-state index contributed by atoms with van der Waals surface area (Å²) in [4.78, 5) is 8.80. The van der Waals surface area contributed by atoms with Crippen molar-refractivity contribution in [2.45, 2.75) is 0 Å². The second kappa shape index (κ2) is 3.45. The van der Waals surface area contributed by atoms with E-state index in [1.807, 2.05) is 0 Å². The van der Waals surface area contributed by atoms with Crippen molar-refractivity contribution in [1.82, 2.24) is 0 Å². The van der Waals surface area contributed by atoms with E-state index in [1.54, 1.807) is 0 Å². The first-order valence-electron chi connectivity index (χ1n) is 3.07. The van der Waals surface area contributed by atoms with Crippen LogP contribution in [0.5, 0.6) is 5.75 Å². The monoisotopic (exact) mass is 271 g/mol. The Labute approximate surface area is 83.2 Å². The van der Waals surface area contributed by atoms with E-state index in [0.717, 1.165) is 0 Å². The van der Waals surface area contributed by atoms with Crippen LogP contribution >= 0.6 is 15.9 Å². The van der Waals surface area contributed by atoms with Crippen LogP contribution in [0.2, 0.25) is 0 Å². The number of hydrogen-bond donors (Lipinski definition) is 1. The van der Waals surface area contributed by atoms with Gasteiger partial charge in [-0.05, 0) is 15.9 Å². The maximum absolute atomic E-state index is 12.7. The third-order valence-corrected chi connectivity index (χ3v) is 2.12. The van der Waals surface area contributed by atoms with Crippen LogP contribution in [0.3, 0.4) is 0 Å². The number of phenols is 1. The van der Waals surface area contributed by atoms with Crippen molar-refractivity contribution in [3.8, 4) is 5.75 Å². The summed E-state index contributed by atoms with van der Waals surface area (Å²) in [6.45, 7) is 0. The van der Waals surface area contributed by atoms with Gasteiger partial charge >= 0.3 is 5.69 Å². The summed E-state index contributed by atoms with van der Waals surface area (Å²) in [7, 11) is 0. The molecular weight excluding hydrogens is 271 g/mol. The first-order chi connectivity index (χ1) is 6.37. The van der Waals surface area contributed by atoms with Gasteiger partial charge in [-0.1, -0.05) is 0 Å². The summed E-state index contributed by atoms with van der Waals surface area (Å²) < 4.78 is 37.1. The molecule has 1 N–H and O–H groups in total. The van der Waals surface area contributed by atoms with Crippen molar-refractivity contribution in [3.63, 3.8) is 0 Å². The topological polar surface area (TPSA) is 63.4 Å². The standard InChI is InChI=1S/C6HBrF3NO3/c7-1-2(8)3(9)4(10)5(6(1)12)11(13)14/h12H. The minimum absolute atomic E-state index is 0.886. The Hall–Kier alpha value is -1.31. The van der Waals surface area contributed by atoms with Crippen LogP contribution in [0.25, 0.3) is 0 Å². The molecule has 0 radical (unpaired) electrons. The number of benzene rings is 1. The third-order valence-electron chi connectivity index (χ3n) is 1.40. The predicted molar refractivity (Wildman–Crippen MR) is 42.3 cm³/mol. The number of nitro groups is 1. The summed E-state index contributed by atoms with van der Waals surface area (Å²) in [6, 6.07) is 0. The van der Waals surface area contributed by atoms with E-state index in [-0.39, 0.29) is 0 Å². The van der Waals surface area contributed by atoms with Gasteiger partial charge in [-0.3, -0.25) is 10.1 Å². The van der Waals surface area contributed by atoms with Crippen molar-refractivity contribution in [1.29, 1.82) is 0 Å². The summed E-state index contributed by atoms with van der Waals surface area (Å²) in [5.74, 6) is -7.05. The highest BCUT2D eigenvalue weighted by Gasteiger charge is 2.31. The Bertz CT molecular complexity index is 394. The molecule has 0 spiro atoms.